The lowest BCUT2D eigenvalue weighted by Crippen LogP contribution is -3.12. The van der Waals surface area contributed by atoms with Gasteiger partial charge in [0.15, 0.2) is 5.43 Å². The number of aryl methyl sites for hydroxylation is 1. The number of aromatic nitrogens is 1. The highest BCUT2D eigenvalue weighted by Gasteiger charge is 2.52. The van der Waals surface area contributed by atoms with Crippen LogP contribution in [0, 0.1) is 17.8 Å². The molecule has 1 aromatic heterocycles. The maximum Gasteiger partial charge on any atom is 0.200 e. The normalized spacial score (nSPS) is 29.3. The molecule has 2 aliphatic rings. The lowest BCUT2D eigenvalue weighted by Gasteiger charge is -2.37. The van der Waals surface area contributed by atoms with Crippen molar-refractivity contribution in [3.05, 3.63) is 38.6 Å². The highest BCUT2D eigenvalue weighted by Crippen LogP contribution is 2.47. The topological polar surface area (TPSA) is 46.5 Å². The smallest absolute Gasteiger partial charge is 0.200 e. The molecule has 1 aliphatic heterocycles. The molecule has 1 aromatic carbocycles. The van der Waals surface area contributed by atoms with E-state index in [2.05, 4.69) is 25.8 Å². The Bertz CT molecular complexity index is 965. The zero-order valence-corrected chi connectivity index (χ0v) is 17.7. The number of ether oxygens (including phenoxy) is 1. The summed E-state index contributed by atoms with van der Waals surface area (Å²) in [6.07, 6.45) is 3.78. The third-order valence-corrected chi connectivity index (χ3v) is 7.00. The van der Waals surface area contributed by atoms with Crippen molar-refractivity contribution < 1.29 is 9.64 Å². The molecule has 27 heavy (non-hydrogen) atoms. The van der Waals surface area contributed by atoms with Crippen molar-refractivity contribution in [2.45, 2.75) is 59.5 Å². The predicted molar refractivity (Wildman–Crippen MR) is 110 cm³/mol. The van der Waals surface area contributed by atoms with E-state index < -0.39 is 0 Å². The number of fused-ring (bicyclic) bond motifs is 3. The molecule has 3 atom stereocenters. The zero-order chi connectivity index (χ0) is 19.6. The van der Waals surface area contributed by atoms with E-state index in [4.69, 9.17) is 16.3 Å². The maximum atomic E-state index is 13.4. The van der Waals surface area contributed by atoms with Gasteiger partial charge in [0.05, 0.1) is 41.2 Å². The van der Waals surface area contributed by atoms with Crippen LogP contribution >= 0.6 is 11.6 Å². The number of H-pyrrole nitrogens is 1. The van der Waals surface area contributed by atoms with Crippen LogP contribution in [0.15, 0.2) is 16.9 Å². The van der Waals surface area contributed by atoms with Gasteiger partial charge >= 0.3 is 0 Å². The van der Waals surface area contributed by atoms with E-state index in [1.54, 1.807) is 24.1 Å². The van der Waals surface area contributed by atoms with Crippen LogP contribution in [0.5, 0.6) is 5.75 Å². The summed E-state index contributed by atoms with van der Waals surface area (Å²) < 4.78 is 5.42. The Labute approximate surface area is 165 Å². The molecule has 2 fully saturated rings. The molecule has 0 spiro atoms. The van der Waals surface area contributed by atoms with E-state index >= 15 is 0 Å². The zero-order valence-electron chi connectivity index (χ0n) is 17.0. The van der Waals surface area contributed by atoms with Crippen molar-refractivity contribution in [3.63, 3.8) is 0 Å². The first kappa shape index (κ1) is 18.8. The highest BCUT2D eigenvalue weighted by molar-refractivity contribution is 6.35. The first-order valence-corrected chi connectivity index (χ1v) is 10.2. The number of methoxy groups -OCH3 is 1. The average Bonchev–Trinajstić information content (AvgIpc) is 2.79. The summed E-state index contributed by atoms with van der Waals surface area (Å²) in [5.41, 5.74) is 3.30. The van der Waals surface area contributed by atoms with Crippen LogP contribution in [0.25, 0.3) is 10.9 Å². The number of hydrogen-bond acceptors (Lipinski definition) is 2. The molecule has 1 aliphatic carbocycles. The molecular formula is C22H30ClN2O2+. The number of nitrogens with one attached hydrogen (secondary N) is 2. The van der Waals surface area contributed by atoms with Crippen LogP contribution in [0.4, 0.5) is 0 Å². The molecule has 2 aromatic rings. The molecule has 5 heteroatoms. The van der Waals surface area contributed by atoms with Crippen LogP contribution in [0.2, 0.25) is 5.02 Å². The van der Waals surface area contributed by atoms with Crippen molar-refractivity contribution >= 4 is 22.5 Å². The quantitative estimate of drug-likeness (QED) is 0.844. The summed E-state index contributed by atoms with van der Waals surface area (Å²) in [5, 5.41) is 1.03. The molecular weight excluding hydrogens is 360 g/mol. The third kappa shape index (κ3) is 3.17. The summed E-state index contributed by atoms with van der Waals surface area (Å²) in [5.74, 6) is 0.653. The second-order valence-electron chi connectivity index (χ2n) is 9.83. The number of benzene rings is 1. The van der Waals surface area contributed by atoms with Crippen molar-refractivity contribution in [2.75, 3.05) is 13.7 Å². The molecule has 0 radical (unpaired) electrons. The fourth-order valence-electron chi connectivity index (χ4n) is 6.05. The van der Waals surface area contributed by atoms with E-state index in [1.165, 1.54) is 19.3 Å². The Hall–Kier alpha value is -1.52. The molecule has 4 rings (SSSR count). The van der Waals surface area contributed by atoms with E-state index in [9.17, 15) is 4.79 Å². The van der Waals surface area contributed by atoms with E-state index in [0.717, 1.165) is 24.3 Å². The number of likely N-dealkylation sites (tertiary alicyclic amines) is 1. The third-order valence-electron chi connectivity index (χ3n) is 6.68. The van der Waals surface area contributed by atoms with Gasteiger partial charge < -0.3 is 14.6 Å². The Balaban J connectivity index is 1.76. The Morgan fingerprint density at radius 1 is 1.30 bits per heavy atom. The van der Waals surface area contributed by atoms with Crippen molar-refractivity contribution in [1.82, 2.24) is 4.98 Å². The Morgan fingerprint density at radius 2 is 2.04 bits per heavy atom. The number of rotatable bonds is 3. The second kappa shape index (κ2) is 6.25. The predicted octanol–water partition coefficient (Wildman–Crippen LogP) is 3.48. The van der Waals surface area contributed by atoms with Gasteiger partial charge in [0, 0.05) is 24.0 Å². The van der Waals surface area contributed by atoms with Crippen molar-refractivity contribution in [3.8, 4) is 5.75 Å². The number of hydrogen-bond donors (Lipinski definition) is 2. The molecule has 2 bridgehead atoms. The lowest BCUT2D eigenvalue weighted by atomic mass is 9.65. The Morgan fingerprint density at radius 3 is 2.74 bits per heavy atom. The van der Waals surface area contributed by atoms with Crippen molar-refractivity contribution in [1.29, 1.82) is 0 Å². The molecule has 146 valence electrons. The van der Waals surface area contributed by atoms with Crippen LogP contribution in [-0.2, 0) is 6.54 Å². The van der Waals surface area contributed by atoms with E-state index in [1.807, 2.05) is 6.92 Å². The molecule has 2 heterocycles. The summed E-state index contributed by atoms with van der Waals surface area (Å²) >= 11 is 6.40. The minimum absolute atomic E-state index is 0.0449. The summed E-state index contributed by atoms with van der Waals surface area (Å²) in [4.78, 5) is 18.3. The SMILES string of the molecule is COc1ccc(Cl)c2c(=O)c(C[NH+]3C[C@@]4(C)C[C@@H]3CC(C)(C)C4)c(C)[nH]c12. The minimum atomic E-state index is 0.0449. The molecule has 4 nitrogen and oxygen atoms in total. The van der Waals surface area contributed by atoms with Gasteiger partial charge in [0.2, 0.25) is 0 Å². The highest BCUT2D eigenvalue weighted by atomic mass is 35.5. The number of halogens is 1. The van der Waals surface area contributed by atoms with Crippen LogP contribution in [-0.4, -0.2) is 24.7 Å². The monoisotopic (exact) mass is 389 g/mol. The first-order valence-electron chi connectivity index (χ1n) is 9.85. The summed E-state index contributed by atoms with van der Waals surface area (Å²) in [6.45, 7) is 11.1. The van der Waals surface area contributed by atoms with Gasteiger partial charge in [-0.1, -0.05) is 32.4 Å². The minimum Gasteiger partial charge on any atom is -0.495 e. The van der Waals surface area contributed by atoms with Gasteiger partial charge in [-0.05, 0) is 30.9 Å². The van der Waals surface area contributed by atoms with Crippen LogP contribution in [0.1, 0.15) is 51.3 Å². The number of aromatic amines is 1. The second-order valence-corrected chi connectivity index (χ2v) is 10.2. The van der Waals surface area contributed by atoms with Gasteiger partial charge in [-0.15, -0.1) is 0 Å². The summed E-state index contributed by atoms with van der Waals surface area (Å²) in [6, 6.07) is 4.18. The molecule has 1 saturated heterocycles. The lowest BCUT2D eigenvalue weighted by molar-refractivity contribution is -0.928. The standard InChI is InChI=1S/C22H29ClN2O2/c1-13-15(10-25-12-22(4)9-14(25)8-21(2,3)11-22)20(26)18-16(23)6-7-17(27-5)19(18)24-13/h6-7,14H,8-12H2,1-5H3,(H,24,26)/p+1/t14-,22-/m0/s1. The van der Waals surface area contributed by atoms with Gasteiger partial charge in [-0.2, -0.15) is 0 Å². The maximum absolute atomic E-state index is 13.4. The van der Waals surface area contributed by atoms with Crippen LogP contribution in [0.3, 0.4) is 0 Å². The average molecular weight is 390 g/mol. The van der Waals surface area contributed by atoms with Gasteiger partial charge in [-0.25, -0.2) is 0 Å². The fraction of sp³-hybridized carbons (Fsp3) is 0.591. The van der Waals surface area contributed by atoms with Gasteiger partial charge in [-0.3, -0.25) is 4.79 Å². The van der Waals surface area contributed by atoms with Gasteiger partial charge in [0.1, 0.15) is 12.3 Å². The molecule has 2 N–H and O–H groups in total. The number of pyridine rings is 1. The van der Waals surface area contributed by atoms with E-state index in [0.29, 0.717) is 38.5 Å². The fourth-order valence-corrected chi connectivity index (χ4v) is 6.30. The molecule has 0 amide bonds. The van der Waals surface area contributed by atoms with Crippen LogP contribution < -0.4 is 15.1 Å². The summed E-state index contributed by atoms with van der Waals surface area (Å²) in [7, 11) is 1.61. The largest absolute Gasteiger partial charge is 0.495 e. The molecule has 1 unspecified atom stereocenters. The molecule has 1 saturated carbocycles. The number of quaternary nitrogens is 1. The Kier molecular flexibility index (Phi) is 4.36. The first-order chi connectivity index (χ1) is 12.6. The van der Waals surface area contributed by atoms with Crippen molar-refractivity contribution in [2.24, 2.45) is 10.8 Å². The van der Waals surface area contributed by atoms with Gasteiger partial charge in [0.25, 0.3) is 0 Å². The van der Waals surface area contributed by atoms with E-state index in [-0.39, 0.29) is 5.43 Å².